The number of amides is 2. The normalized spacial score (nSPS) is 10.7. The summed E-state index contributed by atoms with van der Waals surface area (Å²) in [5.74, 6) is -0.0148. The quantitative estimate of drug-likeness (QED) is 0.415. The van der Waals surface area contributed by atoms with Gasteiger partial charge in [-0.05, 0) is 91.2 Å². The van der Waals surface area contributed by atoms with Crippen LogP contribution >= 0.6 is 11.6 Å². The zero-order valence-corrected chi connectivity index (χ0v) is 17.9. The number of nitrogens with zero attached hydrogens (tertiary/aromatic N) is 1. The van der Waals surface area contributed by atoms with Crippen molar-refractivity contribution in [1.82, 2.24) is 5.43 Å². The Hall–Kier alpha value is -3.64. The average molecular weight is 436 g/mol. The molecule has 3 aromatic carbocycles. The van der Waals surface area contributed by atoms with Crippen LogP contribution in [0.25, 0.3) is 0 Å². The third kappa shape index (κ3) is 6.69. The largest absolute Gasteiger partial charge is 0.484 e. The molecule has 0 radical (unpaired) electrons. The van der Waals surface area contributed by atoms with Gasteiger partial charge in [0, 0.05) is 16.3 Å². The summed E-state index contributed by atoms with van der Waals surface area (Å²) >= 11 is 5.81. The van der Waals surface area contributed by atoms with E-state index in [0.29, 0.717) is 16.3 Å². The maximum Gasteiger partial charge on any atom is 0.271 e. The molecule has 0 aliphatic carbocycles. The number of rotatable bonds is 7. The van der Waals surface area contributed by atoms with Crippen LogP contribution in [0.3, 0.4) is 0 Å². The predicted molar refractivity (Wildman–Crippen MR) is 123 cm³/mol. The van der Waals surface area contributed by atoms with Crippen LogP contribution in [0.5, 0.6) is 5.75 Å². The van der Waals surface area contributed by atoms with Crippen molar-refractivity contribution < 1.29 is 14.3 Å². The number of hydrogen-bond acceptors (Lipinski definition) is 4. The zero-order chi connectivity index (χ0) is 22.2. The zero-order valence-electron chi connectivity index (χ0n) is 17.2. The molecule has 31 heavy (non-hydrogen) atoms. The van der Waals surface area contributed by atoms with Crippen molar-refractivity contribution in [2.45, 2.75) is 13.8 Å². The Labute approximate surface area is 185 Å². The maximum absolute atomic E-state index is 12.1. The topological polar surface area (TPSA) is 79.8 Å². The number of anilines is 1. The molecule has 3 rings (SSSR count). The maximum atomic E-state index is 12.1. The van der Waals surface area contributed by atoms with Crippen LogP contribution in [0.15, 0.2) is 71.8 Å². The van der Waals surface area contributed by atoms with E-state index in [1.165, 1.54) is 11.8 Å². The molecule has 2 amide bonds. The first kappa shape index (κ1) is 22.1. The Morgan fingerprint density at radius 1 is 0.968 bits per heavy atom. The molecular weight excluding hydrogens is 414 g/mol. The van der Waals surface area contributed by atoms with Crippen LogP contribution in [0.2, 0.25) is 5.02 Å². The molecule has 2 N–H and O–H groups in total. The molecule has 3 aromatic rings. The molecule has 158 valence electrons. The van der Waals surface area contributed by atoms with Gasteiger partial charge in [0.05, 0.1) is 6.21 Å². The van der Waals surface area contributed by atoms with E-state index in [0.717, 1.165) is 16.8 Å². The van der Waals surface area contributed by atoms with Crippen molar-refractivity contribution in [1.29, 1.82) is 0 Å². The lowest BCUT2D eigenvalue weighted by molar-refractivity contribution is -0.118. The number of benzene rings is 3. The van der Waals surface area contributed by atoms with Crippen LogP contribution in [-0.2, 0) is 4.79 Å². The number of nitrogens with one attached hydrogen (secondary N) is 2. The summed E-state index contributed by atoms with van der Waals surface area (Å²) in [4.78, 5) is 24.1. The summed E-state index contributed by atoms with van der Waals surface area (Å²) in [6, 6.07) is 19.3. The monoisotopic (exact) mass is 435 g/mol. The highest BCUT2D eigenvalue weighted by Crippen LogP contribution is 2.15. The molecule has 0 saturated heterocycles. The Morgan fingerprint density at radius 3 is 2.35 bits per heavy atom. The van der Waals surface area contributed by atoms with Crippen LogP contribution in [0, 0.1) is 13.8 Å². The molecule has 0 spiro atoms. The first-order chi connectivity index (χ1) is 14.9. The van der Waals surface area contributed by atoms with Crippen molar-refractivity contribution >= 4 is 35.3 Å². The molecule has 0 atom stereocenters. The number of hydrazone groups is 1. The molecular formula is C24H22ClN3O3. The number of halogens is 1. The molecule has 0 aromatic heterocycles. The van der Waals surface area contributed by atoms with Gasteiger partial charge in [0.15, 0.2) is 6.61 Å². The second kappa shape index (κ2) is 10.4. The Morgan fingerprint density at radius 2 is 1.68 bits per heavy atom. The molecule has 0 saturated carbocycles. The Balaban J connectivity index is 1.46. The highest BCUT2D eigenvalue weighted by Gasteiger charge is 2.05. The van der Waals surface area contributed by atoms with Gasteiger partial charge in [-0.3, -0.25) is 9.59 Å². The lowest BCUT2D eigenvalue weighted by Gasteiger charge is -2.09. The van der Waals surface area contributed by atoms with Crippen LogP contribution < -0.4 is 15.5 Å². The van der Waals surface area contributed by atoms with Gasteiger partial charge in [0.1, 0.15) is 5.75 Å². The summed E-state index contributed by atoms with van der Waals surface area (Å²) in [6.45, 7) is 3.92. The summed E-state index contributed by atoms with van der Waals surface area (Å²) in [7, 11) is 0. The van der Waals surface area contributed by atoms with Gasteiger partial charge >= 0.3 is 0 Å². The molecule has 0 aliphatic rings. The van der Waals surface area contributed by atoms with Gasteiger partial charge in [0.25, 0.3) is 11.8 Å². The van der Waals surface area contributed by atoms with E-state index in [-0.39, 0.29) is 18.4 Å². The van der Waals surface area contributed by atoms with Crippen LogP contribution in [0.4, 0.5) is 5.69 Å². The number of carbonyl (C=O) groups is 2. The minimum absolute atomic E-state index is 0.0997. The van der Waals surface area contributed by atoms with Crippen molar-refractivity contribution in [2.75, 3.05) is 11.9 Å². The number of aryl methyl sites for hydroxylation is 2. The second-order valence-electron chi connectivity index (χ2n) is 6.91. The van der Waals surface area contributed by atoms with Crippen LogP contribution in [-0.4, -0.2) is 24.6 Å². The van der Waals surface area contributed by atoms with Crippen molar-refractivity contribution in [2.24, 2.45) is 5.10 Å². The van der Waals surface area contributed by atoms with Gasteiger partial charge < -0.3 is 10.1 Å². The molecule has 0 heterocycles. The smallest absolute Gasteiger partial charge is 0.271 e. The van der Waals surface area contributed by atoms with E-state index >= 15 is 0 Å². The lowest BCUT2D eigenvalue weighted by atomic mass is 10.1. The van der Waals surface area contributed by atoms with E-state index in [9.17, 15) is 9.59 Å². The van der Waals surface area contributed by atoms with E-state index < -0.39 is 0 Å². The number of carbonyl (C=O) groups excluding carboxylic acids is 2. The minimum Gasteiger partial charge on any atom is -0.484 e. The van der Waals surface area contributed by atoms with Gasteiger partial charge in [-0.15, -0.1) is 0 Å². The van der Waals surface area contributed by atoms with Gasteiger partial charge in [-0.1, -0.05) is 17.7 Å². The number of ether oxygens (including phenoxy) is 1. The fraction of sp³-hybridized carbons (Fsp3) is 0.125. The van der Waals surface area contributed by atoms with Crippen LogP contribution in [0.1, 0.15) is 27.0 Å². The van der Waals surface area contributed by atoms with E-state index in [4.69, 9.17) is 16.3 Å². The second-order valence-corrected chi connectivity index (χ2v) is 7.35. The highest BCUT2D eigenvalue weighted by atomic mass is 35.5. The first-order valence-corrected chi connectivity index (χ1v) is 9.97. The standard InChI is InChI=1S/C24H22ClN3O3/c1-16-3-10-21(13-17(16)2)27-23(29)15-31-22-11-4-18(5-12-22)14-26-28-24(30)19-6-8-20(25)9-7-19/h3-14H,15H2,1-2H3,(H,27,29)(H,28,30)/b26-14+. The van der Waals surface area contributed by atoms with E-state index in [1.54, 1.807) is 48.5 Å². The molecule has 0 unspecified atom stereocenters. The van der Waals surface area contributed by atoms with Gasteiger partial charge in [-0.25, -0.2) is 5.43 Å². The van der Waals surface area contributed by atoms with Crippen molar-refractivity contribution in [3.63, 3.8) is 0 Å². The molecule has 0 aliphatic heterocycles. The van der Waals surface area contributed by atoms with Gasteiger partial charge in [0.2, 0.25) is 0 Å². The molecule has 0 bridgehead atoms. The third-order valence-electron chi connectivity index (χ3n) is 4.53. The summed E-state index contributed by atoms with van der Waals surface area (Å²) < 4.78 is 5.52. The van der Waals surface area contributed by atoms with Crippen molar-refractivity contribution in [3.05, 3.63) is 94.0 Å². The fourth-order valence-corrected chi connectivity index (χ4v) is 2.77. The van der Waals surface area contributed by atoms with E-state index in [2.05, 4.69) is 15.8 Å². The van der Waals surface area contributed by atoms with Crippen molar-refractivity contribution in [3.8, 4) is 5.75 Å². The van der Waals surface area contributed by atoms with Gasteiger partial charge in [-0.2, -0.15) is 5.10 Å². The summed E-state index contributed by atoms with van der Waals surface area (Å²) in [5.41, 5.74) is 6.70. The predicted octanol–water partition coefficient (Wildman–Crippen LogP) is 4.74. The SMILES string of the molecule is Cc1ccc(NC(=O)COc2ccc(/C=N/NC(=O)c3ccc(Cl)cc3)cc2)cc1C. The lowest BCUT2D eigenvalue weighted by Crippen LogP contribution is -2.20. The molecule has 7 heteroatoms. The average Bonchev–Trinajstić information content (AvgIpc) is 2.76. The Kier molecular flexibility index (Phi) is 7.40. The van der Waals surface area contributed by atoms with E-state index in [1.807, 2.05) is 32.0 Å². The molecule has 6 nitrogen and oxygen atoms in total. The fourth-order valence-electron chi connectivity index (χ4n) is 2.65. The summed E-state index contributed by atoms with van der Waals surface area (Å²) in [5, 5.41) is 7.32. The molecule has 0 fully saturated rings. The third-order valence-corrected chi connectivity index (χ3v) is 4.78. The summed E-state index contributed by atoms with van der Waals surface area (Å²) in [6.07, 6.45) is 1.52. The Bertz CT molecular complexity index is 1090. The minimum atomic E-state index is -0.331. The first-order valence-electron chi connectivity index (χ1n) is 9.59. The highest BCUT2D eigenvalue weighted by molar-refractivity contribution is 6.30. The number of hydrogen-bond donors (Lipinski definition) is 2.